The van der Waals surface area contributed by atoms with E-state index in [-0.39, 0.29) is 0 Å². The predicted molar refractivity (Wildman–Crippen MR) is 85.7 cm³/mol. The molecule has 19 heavy (non-hydrogen) atoms. The number of hydrogen-bond donors (Lipinski definition) is 1. The van der Waals surface area contributed by atoms with E-state index in [0.717, 1.165) is 12.0 Å². The minimum atomic E-state index is 0.683. The van der Waals surface area contributed by atoms with Crippen molar-refractivity contribution in [3.05, 3.63) is 0 Å². The van der Waals surface area contributed by atoms with Crippen LogP contribution in [0.1, 0.15) is 72.6 Å². The van der Waals surface area contributed by atoms with Crippen molar-refractivity contribution < 1.29 is 0 Å². The monoisotopic (exact) mass is 268 g/mol. The molecule has 0 aliphatic carbocycles. The minimum absolute atomic E-state index is 0.683. The van der Waals surface area contributed by atoms with E-state index in [0.29, 0.717) is 6.04 Å². The quantitative estimate of drug-likeness (QED) is 0.635. The molecule has 2 nitrogen and oxygen atoms in total. The van der Waals surface area contributed by atoms with Crippen LogP contribution in [0.15, 0.2) is 0 Å². The molecule has 0 saturated carbocycles. The Hall–Kier alpha value is -0.0800. The van der Waals surface area contributed by atoms with E-state index in [4.69, 9.17) is 0 Å². The van der Waals surface area contributed by atoms with Gasteiger partial charge < -0.3 is 5.32 Å². The highest BCUT2D eigenvalue weighted by Crippen LogP contribution is 2.18. The van der Waals surface area contributed by atoms with Crippen LogP contribution in [0.25, 0.3) is 0 Å². The minimum Gasteiger partial charge on any atom is -0.316 e. The van der Waals surface area contributed by atoms with Gasteiger partial charge in [0.25, 0.3) is 0 Å². The molecule has 0 radical (unpaired) electrons. The summed E-state index contributed by atoms with van der Waals surface area (Å²) in [5.41, 5.74) is 0. The van der Waals surface area contributed by atoms with Crippen LogP contribution >= 0.6 is 0 Å². The fourth-order valence-electron chi connectivity index (χ4n) is 3.31. The lowest BCUT2D eigenvalue weighted by atomic mass is 9.97. The van der Waals surface area contributed by atoms with Gasteiger partial charge in [-0.3, -0.25) is 4.90 Å². The molecule has 2 heteroatoms. The molecule has 0 aromatic heterocycles. The molecule has 0 aromatic carbocycles. The fraction of sp³-hybridized carbons (Fsp3) is 1.00. The fourth-order valence-corrected chi connectivity index (χ4v) is 3.31. The average molecular weight is 268 g/mol. The van der Waals surface area contributed by atoms with Crippen molar-refractivity contribution in [2.45, 2.75) is 84.7 Å². The lowest BCUT2D eigenvalue weighted by Crippen LogP contribution is -2.45. The molecular weight excluding hydrogens is 232 g/mol. The van der Waals surface area contributed by atoms with E-state index < -0.39 is 0 Å². The van der Waals surface area contributed by atoms with Gasteiger partial charge in [-0.2, -0.15) is 0 Å². The van der Waals surface area contributed by atoms with Gasteiger partial charge in [-0.25, -0.2) is 0 Å². The van der Waals surface area contributed by atoms with Crippen LogP contribution in [0.4, 0.5) is 0 Å². The molecular formula is C17H36N2. The smallest absolute Gasteiger partial charge is 0.00697 e. The first-order chi connectivity index (χ1) is 9.15. The summed E-state index contributed by atoms with van der Waals surface area (Å²) in [5, 5.41) is 3.55. The SMILES string of the molecule is CCCCCCC(C)N(CC1CCCNC1)C(C)C. The summed E-state index contributed by atoms with van der Waals surface area (Å²) in [6.45, 7) is 13.2. The normalized spacial score (nSPS) is 22.1. The van der Waals surface area contributed by atoms with Crippen molar-refractivity contribution >= 4 is 0 Å². The van der Waals surface area contributed by atoms with E-state index >= 15 is 0 Å². The summed E-state index contributed by atoms with van der Waals surface area (Å²) >= 11 is 0. The first-order valence-corrected chi connectivity index (χ1v) is 8.61. The standard InChI is InChI=1S/C17H36N2/c1-5-6-7-8-10-16(4)19(15(2)3)14-17-11-9-12-18-13-17/h15-18H,5-14H2,1-4H3. The van der Waals surface area contributed by atoms with Crippen LogP contribution in [0.3, 0.4) is 0 Å². The van der Waals surface area contributed by atoms with Crippen LogP contribution in [0.5, 0.6) is 0 Å². The Morgan fingerprint density at radius 3 is 2.53 bits per heavy atom. The third-order valence-corrected chi connectivity index (χ3v) is 4.57. The molecule has 2 atom stereocenters. The van der Waals surface area contributed by atoms with Gasteiger partial charge in [-0.1, -0.05) is 32.6 Å². The first-order valence-electron chi connectivity index (χ1n) is 8.61. The molecule has 0 aromatic rings. The number of rotatable bonds is 9. The maximum Gasteiger partial charge on any atom is 0.00697 e. The Balaban J connectivity index is 2.32. The Labute approximate surface area is 121 Å². The second-order valence-electron chi connectivity index (χ2n) is 6.70. The average Bonchev–Trinajstić information content (AvgIpc) is 2.41. The van der Waals surface area contributed by atoms with Gasteiger partial charge in [0.1, 0.15) is 0 Å². The van der Waals surface area contributed by atoms with E-state index in [9.17, 15) is 0 Å². The highest BCUT2D eigenvalue weighted by Gasteiger charge is 2.22. The molecule has 1 heterocycles. The van der Waals surface area contributed by atoms with Crippen molar-refractivity contribution in [2.75, 3.05) is 19.6 Å². The Kier molecular flexibility index (Phi) is 8.72. The number of nitrogens with zero attached hydrogens (tertiary/aromatic N) is 1. The molecule has 1 rings (SSSR count). The van der Waals surface area contributed by atoms with Gasteiger partial charge in [0, 0.05) is 18.6 Å². The maximum atomic E-state index is 3.55. The van der Waals surface area contributed by atoms with Crippen molar-refractivity contribution in [3.63, 3.8) is 0 Å². The molecule has 1 aliphatic rings. The molecule has 1 saturated heterocycles. The zero-order chi connectivity index (χ0) is 14.1. The molecule has 0 spiro atoms. The van der Waals surface area contributed by atoms with Gasteiger partial charge in [0.15, 0.2) is 0 Å². The third-order valence-electron chi connectivity index (χ3n) is 4.57. The zero-order valence-electron chi connectivity index (χ0n) is 13.8. The summed E-state index contributed by atoms with van der Waals surface area (Å²) in [6, 6.07) is 1.43. The number of nitrogens with one attached hydrogen (secondary N) is 1. The zero-order valence-corrected chi connectivity index (χ0v) is 13.8. The summed E-state index contributed by atoms with van der Waals surface area (Å²) in [4.78, 5) is 2.74. The largest absolute Gasteiger partial charge is 0.316 e. The van der Waals surface area contributed by atoms with Gasteiger partial charge in [-0.05, 0) is 59.0 Å². The number of hydrogen-bond acceptors (Lipinski definition) is 2. The Bertz CT molecular complexity index is 209. The van der Waals surface area contributed by atoms with Crippen LogP contribution in [0.2, 0.25) is 0 Å². The Morgan fingerprint density at radius 1 is 1.16 bits per heavy atom. The molecule has 1 fully saturated rings. The van der Waals surface area contributed by atoms with E-state index in [1.807, 2.05) is 0 Å². The van der Waals surface area contributed by atoms with Crippen molar-refractivity contribution in [1.82, 2.24) is 10.2 Å². The molecule has 2 unspecified atom stereocenters. The molecule has 114 valence electrons. The van der Waals surface area contributed by atoms with E-state index in [1.165, 1.54) is 64.6 Å². The van der Waals surface area contributed by atoms with Gasteiger partial charge >= 0.3 is 0 Å². The summed E-state index contributed by atoms with van der Waals surface area (Å²) in [6.07, 6.45) is 9.72. The van der Waals surface area contributed by atoms with Gasteiger partial charge in [0.2, 0.25) is 0 Å². The number of piperidine rings is 1. The lowest BCUT2D eigenvalue weighted by Gasteiger charge is -2.37. The van der Waals surface area contributed by atoms with E-state index in [2.05, 4.69) is 37.9 Å². The van der Waals surface area contributed by atoms with Crippen LogP contribution < -0.4 is 5.32 Å². The molecule has 0 amide bonds. The maximum absolute atomic E-state index is 3.55. The Morgan fingerprint density at radius 2 is 1.95 bits per heavy atom. The van der Waals surface area contributed by atoms with Crippen molar-refractivity contribution in [1.29, 1.82) is 0 Å². The highest BCUT2D eigenvalue weighted by molar-refractivity contribution is 4.78. The van der Waals surface area contributed by atoms with Gasteiger partial charge in [0.05, 0.1) is 0 Å². The summed E-state index contributed by atoms with van der Waals surface area (Å²) in [5.74, 6) is 0.870. The van der Waals surface area contributed by atoms with Crippen LogP contribution in [0, 0.1) is 5.92 Å². The van der Waals surface area contributed by atoms with Crippen molar-refractivity contribution in [2.24, 2.45) is 5.92 Å². The second kappa shape index (κ2) is 9.77. The third kappa shape index (κ3) is 6.76. The van der Waals surface area contributed by atoms with Crippen LogP contribution in [-0.2, 0) is 0 Å². The highest BCUT2D eigenvalue weighted by atomic mass is 15.2. The molecule has 1 N–H and O–H groups in total. The molecule has 0 bridgehead atoms. The molecule has 1 aliphatic heterocycles. The first kappa shape index (κ1) is 17.0. The van der Waals surface area contributed by atoms with E-state index in [1.54, 1.807) is 0 Å². The topological polar surface area (TPSA) is 15.3 Å². The predicted octanol–water partition coefficient (Wildman–Crippen LogP) is 4.06. The number of unbranched alkanes of at least 4 members (excludes halogenated alkanes) is 3. The summed E-state index contributed by atoms with van der Waals surface area (Å²) in [7, 11) is 0. The second-order valence-corrected chi connectivity index (χ2v) is 6.70. The van der Waals surface area contributed by atoms with Crippen molar-refractivity contribution in [3.8, 4) is 0 Å². The lowest BCUT2D eigenvalue weighted by molar-refractivity contribution is 0.119. The summed E-state index contributed by atoms with van der Waals surface area (Å²) < 4.78 is 0. The van der Waals surface area contributed by atoms with Crippen LogP contribution in [-0.4, -0.2) is 36.6 Å². The van der Waals surface area contributed by atoms with Gasteiger partial charge in [-0.15, -0.1) is 0 Å².